The molecule has 1 N–H and O–H groups in total. The van der Waals surface area contributed by atoms with E-state index in [1.165, 1.54) is 5.56 Å². The van der Waals surface area contributed by atoms with Crippen molar-refractivity contribution in [2.24, 2.45) is 0 Å². The number of aliphatic hydroxyl groups is 1. The maximum absolute atomic E-state index is 11.8. The van der Waals surface area contributed by atoms with Crippen molar-refractivity contribution >= 4 is 22.6 Å². The van der Waals surface area contributed by atoms with E-state index in [1.807, 2.05) is 30.0 Å². The first-order chi connectivity index (χ1) is 13.1. The number of nitrogens with zero attached hydrogens (tertiary/aromatic N) is 2. The van der Waals surface area contributed by atoms with Crippen LogP contribution >= 0.6 is 11.8 Å². The minimum Gasteiger partial charge on any atom is -1.00 e. The molecule has 28 heavy (non-hydrogen) atoms. The van der Waals surface area contributed by atoms with Crippen molar-refractivity contribution in [2.75, 3.05) is 37.0 Å². The first-order valence-electron chi connectivity index (χ1n) is 9.39. The predicted octanol–water partition coefficient (Wildman–Crippen LogP) is -0.0591. The lowest BCUT2D eigenvalue weighted by Crippen LogP contribution is -3.00. The van der Waals surface area contributed by atoms with Gasteiger partial charge in [0.25, 0.3) is 5.72 Å². The van der Waals surface area contributed by atoms with Crippen LogP contribution in [0.25, 0.3) is 0 Å². The molecule has 0 radical (unpaired) electrons. The van der Waals surface area contributed by atoms with Crippen molar-refractivity contribution in [3.63, 3.8) is 0 Å². The molecule has 2 aromatic rings. The third-order valence-corrected chi connectivity index (χ3v) is 6.55. The van der Waals surface area contributed by atoms with Gasteiger partial charge in [0.1, 0.15) is 18.9 Å². The molecule has 5 nitrogen and oxygen atoms in total. The third kappa shape index (κ3) is 3.19. The fourth-order valence-corrected chi connectivity index (χ4v) is 5.22. The second kappa shape index (κ2) is 7.61. The molecule has 5 rings (SSSR count). The summed E-state index contributed by atoms with van der Waals surface area (Å²) in [6, 6.07) is 14.3. The van der Waals surface area contributed by atoms with Crippen LogP contribution in [-0.4, -0.2) is 46.9 Å². The van der Waals surface area contributed by atoms with Crippen molar-refractivity contribution in [1.82, 2.24) is 0 Å². The normalized spacial score (nSPS) is 23.3. The van der Waals surface area contributed by atoms with E-state index in [4.69, 9.17) is 9.47 Å². The molecule has 3 aliphatic rings. The van der Waals surface area contributed by atoms with Gasteiger partial charge in [0.05, 0.1) is 6.54 Å². The maximum atomic E-state index is 11.8. The number of rotatable bonds is 2. The Bertz CT molecular complexity index is 936. The fraction of sp³-hybridized carbons (Fsp3) is 0.381. The summed E-state index contributed by atoms with van der Waals surface area (Å²) < 4.78 is 13.5. The largest absolute Gasteiger partial charge is 1.00 e. The van der Waals surface area contributed by atoms with Crippen molar-refractivity contribution in [3.8, 4) is 11.5 Å². The minimum absolute atomic E-state index is 0. The summed E-state index contributed by atoms with van der Waals surface area (Å²) in [4.78, 5) is 2.24. The first kappa shape index (κ1) is 19.6. The number of hydrogen-bond donors (Lipinski definition) is 1. The van der Waals surface area contributed by atoms with E-state index in [-0.39, 0.29) is 17.0 Å². The van der Waals surface area contributed by atoms with E-state index in [0.29, 0.717) is 25.5 Å². The summed E-state index contributed by atoms with van der Waals surface area (Å²) >= 11 is 1.82. The number of β-amino-alcohol motifs (C(OH)–C–C–N with tert-alkyl or cyclic N) is 1. The van der Waals surface area contributed by atoms with Gasteiger partial charge in [-0.3, -0.25) is 0 Å². The van der Waals surface area contributed by atoms with Crippen molar-refractivity contribution < 1.29 is 36.1 Å². The molecular formula is C21H23BrN2O3S. The van der Waals surface area contributed by atoms with E-state index in [9.17, 15) is 5.11 Å². The molecule has 0 saturated heterocycles. The van der Waals surface area contributed by atoms with Crippen LogP contribution < -0.4 is 31.4 Å². The van der Waals surface area contributed by atoms with E-state index >= 15 is 0 Å². The second-order valence-corrected chi connectivity index (χ2v) is 8.30. The molecular weight excluding hydrogens is 440 g/mol. The minimum atomic E-state index is -1.08. The van der Waals surface area contributed by atoms with Gasteiger partial charge in [0.2, 0.25) is 0 Å². The Morgan fingerprint density at radius 2 is 1.93 bits per heavy atom. The number of hydrogen-bond acceptors (Lipinski definition) is 5. The van der Waals surface area contributed by atoms with Crippen molar-refractivity contribution in [2.45, 2.75) is 19.1 Å². The monoisotopic (exact) mass is 462 g/mol. The summed E-state index contributed by atoms with van der Waals surface area (Å²) in [6.07, 6.45) is 1.06. The van der Waals surface area contributed by atoms with Crippen LogP contribution in [0, 0.1) is 6.92 Å². The number of amidine groups is 1. The van der Waals surface area contributed by atoms with Crippen LogP contribution in [0.2, 0.25) is 0 Å². The standard InChI is InChI=1S/C21H23N2O3S.BrH/c1-15-4-2-5-17(12-15)22-14-21(24,23-8-3-11-27-20(22)23)16-6-7-18-19(13-16)26-10-9-25-18;/h2,4-7,12-13,24H,3,8-11,14H2,1H3;1H/q+1;/p-1. The van der Waals surface area contributed by atoms with E-state index < -0.39 is 5.72 Å². The lowest BCUT2D eigenvalue weighted by Gasteiger charge is -2.26. The van der Waals surface area contributed by atoms with E-state index in [0.717, 1.165) is 40.9 Å². The smallest absolute Gasteiger partial charge is 0.316 e. The van der Waals surface area contributed by atoms with E-state index in [1.54, 1.807) is 0 Å². The van der Waals surface area contributed by atoms with Gasteiger partial charge >= 0.3 is 5.17 Å². The highest BCUT2D eigenvalue weighted by molar-refractivity contribution is 8.13. The average molecular weight is 463 g/mol. The summed E-state index contributed by atoms with van der Waals surface area (Å²) in [6.45, 7) is 4.55. The number of halogens is 1. The summed E-state index contributed by atoms with van der Waals surface area (Å²) in [5, 5.41) is 12.9. The molecule has 0 amide bonds. The average Bonchev–Trinajstić information content (AvgIpc) is 3.02. The quantitative estimate of drug-likeness (QED) is 0.633. The van der Waals surface area contributed by atoms with Gasteiger partial charge in [0, 0.05) is 11.3 Å². The molecule has 0 fully saturated rings. The highest BCUT2D eigenvalue weighted by atomic mass is 79.9. The molecule has 0 aromatic heterocycles. The highest BCUT2D eigenvalue weighted by Gasteiger charge is 2.53. The molecule has 1 unspecified atom stereocenters. The zero-order valence-electron chi connectivity index (χ0n) is 15.7. The van der Waals surface area contributed by atoms with Gasteiger partial charge in [-0.15, -0.1) is 0 Å². The summed E-state index contributed by atoms with van der Waals surface area (Å²) in [7, 11) is 0. The SMILES string of the molecule is Cc1cccc(N2CC(O)(c3ccc4c(c3)OCCO4)[N+]3=C2SCCC3)c1.[Br-]. The van der Waals surface area contributed by atoms with Gasteiger partial charge in [-0.2, -0.15) is 0 Å². The third-order valence-electron chi connectivity index (χ3n) is 5.36. The zero-order chi connectivity index (χ0) is 18.4. The number of anilines is 1. The topological polar surface area (TPSA) is 44.9 Å². The van der Waals surface area contributed by atoms with Gasteiger partial charge in [-0.1, -0.05) is 12.1 Å². The number of ether oxygens (including phenoxy) is 2. The summed E-state index contributed by atoms with van der Waals surface area (Å²) in [5.41, 5.74) is 2.11. The molecule has 7 heteroatoms. The Hall–Kier alpha value is -1.70. The van der Waals surface area contributed by atoms with Gasteiger partial charge in [-0.05, 0) is 61.0 Å². The van der Waals surface area contributed by atoms with Crippen LogP contribution in [0.15, 0.2) is 42.5 Å². The predicted molar refractivity (Wildman–Crippen MR) is 107 cm³/mol. The molecule has 0 aliphatic carbocycles. The Morgan fingerprint density at radius 1 is 1.11 bits per heavy atom. The van der Waals surface area contributed by atoms with Gasteiger partial charge in [0.15, 0.2) is 18.0 Å². The highest BCUT2D eigenvalue weighted by Crippen LogP contribution is 2.40. The van der Waals surface area contributed by atoms with Crippen LogP contribution in [0.1, 0.15) is 17.5 Å². The second-order valence-electron chi connectivity index (χ2n) is 7.24. The van der Waals surface area contributed by atoms with Crippen molar-refractivity contribution in [3.05, 3.63) is 53.6 Å². The van der Waals surface area contributed by atoms with E-state index in [2.05, 4.69) is 40.7 Å². The van der Waals surface area contributed by atoms with Crippen LogP contribution in [0.3, 0.4) is 0 Å². The first-order valence-corrected chi connectivity index (χ1v) is 10.4. The van der Waals surface area contributed by atoms with Crippen LogP contribution in [-0.2, 0) is 5.72 Å². The van der Waals surface area contributed by atoms with Crippen molar-refractivity contribution in [1.29, 1.82) is 0 Å². The molecule has 3 heterocycles. The zero-order valence-corrected chi connectivity index (χ0v) is 18.1. The molecule has 2 aromatic carbocycles. The van der Waals surface area contributed by atoms with Crippen LogP contribution in [0.4, 0.5) is 5.69 Å². The molecule has 0 spiro atoms. The Balaban J connectivity index is 0.00000192. The van der Waals surface area contributed by atoms with Gasteiger partial charge in [-0.25, -0.2) is 9.48 Å². The Morgan fingerprint density at radius 3 is 2.75 bits per heavy atom. The Labute approximate surface area is 179 Å². The van der Waals surface area contributed by atoms with Gasteiger partial charge < -0.3 is 31.6 Å². The lowest BCUT2D eigenvalue weighted by atomic mass is 10.0. The molecule has 3 aliphatic heterocycles. The molecule has 1 atom stereocenters. The molecule has 0 saturated carbocycles. The number of fused-ring (bicyclic) bond motifs is 1. The number of thioether (sulfide) groups is 1. The molecule has 148 valence electrons. The number of aryl methyl sites for hydroxylation is 1. The molecule has 0 bridgehead atoms. The van der Waals surface area contributed by atoms with Crippen LogP contribution in [0.5, 0.6) is 11.5 Å². The Kier molecular flexibility index (Phi) is 5.33. The fourth-order valence-electron chi connectivity index (χ4n) is 4.04. The lowest BCUT2D eigenvalue weighted by molar-refractivity contribution is -0.656. The summed E-state index contributed by atoms with van der Waals surface area (Å²) in [5.74, 6) is 2.54. The maximum Gasteiger partial charge on any atom is 0.316 e. The number of benzene rings is 2.